The zero-order valence-electron chi connectivity index (χ0n) is 7.68. The molecule has 0 aromatic heterocycles. The molecule has 1 N–H and O–H groups in total. The van der Waals surface area contributed by atoms with Gasteiger partial charge in [-0.05, 0) is 32.7 Å². The summed E-state index contributed by atoms with van der Waals surface area (Å²) < 4.78 is 6.92. The molecule has 2 nitrogen and oxygen atoms in total. The van der Waals surface area contributed by atoms with E-state index >= 15 is 0 Å². The maximum absolute atomic E-state index is 5.68. The van der Waals surface area contributed by atoms with Crippen molar-refractivity contribution in [3.8, 4) is 0 Å². The largest absolute Gasteiger partial charge is 0.374 e. The molecule has 2 unspecified atom stereocenters. The third kappa shape index (κ3) is 4.05. The SMILES string of the molecule is CC1CCC(CNCCCI)O1. The Morgan fingerprint density at radius 2 is 2.33 bits per heavy atom. The van der Waals surface area contributed by atoms with Crippen LogP contribution >= 0.6 is 22.6 Å². The van der Waals surface area contributed by atoms with Gasteiger partial charge in [-0.1, -0.05) is 22.6 Å². The molecule has 1 fully saturated rings. The Morgan fingerprint density at radius 3 is 2.92 bits per heavy atom. The first-order chi connectivity index (χ1) is 5.83. The molecule has 1 aliphatic heterocycles. The van der Waals surface area contributed by atoms with Gasteiger partial charge in [-0.15, -0.1) is 0 Å². The molecule has 72 valence electrons. The van der Waals surface area contributed by atoms with Crippen molar-refractivity contribution in [2.45, 2.75) is 38.4 Å². The van der Waals surface area contributed by atoms with E-state index in [1.165, 1.54) is 23.7 Å². The Bertz CT molecular complexity index is 121. The fourth-order valence-corrected chi connectivity index (χ4v) is 1.87. The van der Waals surface area contributed by atoms with E-state index in [-0.39, 0.29) is 0 Å². The van der Waals surface area contributed by atoms with E-state index in [1.807, 2.05) is 0 Å². The van der Waals surface area contributed by atoms with Gasteiger partial charge in [0.15, 0.2) is 0 Å². The highest BCUT2D eigenvalue weighted by Gasteiger charge is 2.20. The summed E-state index contributed by atoms with van der Waals surface area (Å²) in [5, 5.41) is 3.42. The minimum atomic E-state index is 0.481. The molecule has 0 spiro atoms. The standard InChI is InChI=1S/C9H18INO/c1-8-3-4-9(12-8)7-11-6-2-5-10/h8-9,11H,2-7H2,1H3. The predicted molar refractivity (Wildman–Crippen MR) is 59.9 cm³/mol. The fraction of sp³-hybridized carbons (Fsp3) is 1.00. The van der Waals surface area contributed by atoms with Gasteiger partial charge in [0.05, 0.1) is 12.2 Å². The molecule has 0 saturated carbocycles. The van der Waals surface area contributed by atoms with Crippen molar-refractivity contribution in [3.63, 3.8) is 0 Å². The summed E-state index contributed by atoms with van der Waals surface area (Å²) in [6.45, 7) is 4.34. The van der Waals surface area contributed by atoms with Crippen molar-refractivity contribution >= 4 is 22.6 Å². The van der Waals surface area contributed by atoms with E-state index < -0.39 is 0 Å². The lowest BCUT2D eigenvalue weighted by molar-refractivity contribution is 0.0562. The molecule has 1 rings (SSSR count). The molecule has 2 atom stereocenters. The Hall–Kier alpha value is 0.650. The van der Waals surface area contributed by atoms with Gasteiger partial charge in [-0.2, -0.15) is 0 Å². The highest BCUT2D eigenvalue weighted by molar-refractivity contribution is 14.1. The summed E-state index contributed by atoms with van der Waals surface area (Å²) in [6.07, 6.45) is 4.70. The van der Waals surface area contributed by atoms with Gasteiger partial charge in [-0.3, -0.25) is 0 Å². The molecule has 1 saturated heterocycles. The lowest BCUT2D eigenvalue weighted by atomic mass is 10.2. The number of ether oxygens (including phenoxy) is 1. The van der Waals surface area contributed by atoms with Crippen LogP contribution in [0.3, 0.4) is 0 Å². The van der Waals surface area contributed by atoms with Crippen LogP contribution in [0.15, 0.2) is 0 Å². The first-order valence-corrected chi connectivity index (χ1v) is 6.27. The van der Waals surface area contributed by atoms with Crippen LogP contribution < -0.4 is 5.32 Å². The zero-order chi connectivity index (χ0) is 8.81. The Kier molecular flexibility index (Phi) is 5.50. The molecule has 0 amide bonds. The lowest BCUT2D eigenvalue weighted by Gasteiger charge is -2.11. The lowest BCUT2D eigenvalue weighted by Crippen LogP contribution is -2.27. The summed E-state index contributed by atoms with van der Waals surface area (Å²) in [5.74, 6) is 0. The maximum atomic E-state index is 5.68. The number of hydrogen-bond donors (Lipinski definition) is 1. The van der Waals surface area contributed by atoms with Crippen LogP contribution in [-0.4, -0.2) is 29.7 Å². The van der Waals surface area contributed by atoms with E-state index in [0.717, 1.165) is 13.1 Å². The van der Waals surface area contributed by atoms with Crippen LogP contribution in [0.1, 0.15) is 26.2 Å². The third-order valence-electron chi connectivity index (χ3n) is 2.18. The van der Waals surface area contributed by atoms with Crippen molar-refractivity contribution in [2.75, 3.05) is 17.5 Å². The fourth-order valence-electron chi connectivity index (χ4n) is 1.49. The van der Waals surface area contributed by atoms with Crippen LogP contribution in [0.2, 0.25) is 0 Å². The van der Waals surface area contributed by atoms with Crippen molar-refractivity contribution in [1.82, 2.24) is 5.32 Å². The van der Waals surface area contributed by atoms with Gasteiger partial charge >= 0.3 is 0 Å². The maximum Gasteiger partial charge on any atom is 0.0704 e. The molecule has 1 heterocycles. The van der Waals surface area contributed by atoms with E-state index in [2.05, 4.69) is 34.8 Å². The van der Waals surface area contributed by atoms with E-state index in [0.29, 0.717) is 12.2 Å². The number of rotatable bonds is 5. The second-order valence-corrected chi connectivity index (χ2v) is 4.47. The first kappa shape index (κ1) is 10.7. The Morgan fingerprint density at radius 1 is 1.50 bits per heavy atom. The highest BCUT2D eigenvalue weighted by Crippen LogP contribution is 2.17. The molecule has 0 bridgehead atoms. The van der Waals surface area contributed by atoms with Crippen LogP contribution in [0.5, 0.6) is 0 Å². The van der Waals surface area contributed by atoms with Crippen molar-refractivity contribution < 1.29 is 4.74 Å². The second-order valence-electron chi connectivity index (χ2n) is 3.39. The minimum absolute atomic E-state index is 0.481. The number of halogens is 1. The van der Waals surface area contributed by atoms with Crippen LogP contribution in [0, 0.1) is 0 Å². The molecule has 0 aliphatic carbocycles. The van der Waals surface area contributed by atoms with E-state index in [4.69, 9.17) is 4.74 Å². The molecule has 1 aliphatic rings. The molecule has 0 aromatic carbocycles. The molecule has 0 aromatic rings. The average Bonchev–Trinajstić information content (AvgIpc) is 2.45. The monoisotopic (exact) mass is 283 g/mol. The summed E-state index contributed by atoms with van der Waals surface area (Å²) in [4.78, 5) is 0. The van der Waals surface area contributed by atoms with Gasteiger partial charge in [0.1, 0.15) is 0 Å². The molecular formula is C9H18INO. The van der Waals surface area contributed by atoms with Crippen molar-refractivity contribution in [1.29, 1.82) is 0 Å². The topological polar surface area (TPSA) is 21.3 Å². The highest BCUT2D eigenvalue weighted by atomic mass is 127. The van der Waals surface area contributed by atoms with E-state index in [1.54, 1.807) is 0 Å². The van der Waals surface area contributed by atoms with Crippen LogP contribution in [0.4, 0.5) is 0 Å². The number of hydrogen-bond acceptors (Lipinski definition) is 2. The summed E-state index contributed by atoms with van der Waals surface area (Å²) >= 11 is 2.41. The van der Waals surface area contributed by atoms with Crippen molar-refractivity contribution in [3.05, 3.63) is 0 Å². The van der Waals surface area contributed by atoms with Crippen LogP contribution in [-0.2, 0) is 4.74 Å². The zero-order valence-corrected chi connectivity index (χ0v) is 9.84. The third-order valence-corrected chi connectivity index (χ3v) is 2.94. The van der Waals surface area contributed by atoms with Gasteiger partial charge in [0.2, 0.25) is 0 Å². The molecular weight excluding hydrogens is 265 g/mol. The summed E-state index contributed by atoms with van der Waals surface area (Å²) in [5.41, 5.74) is 0. The Balaban J connectivity index is 1.93. The number of nitrogens with one attached hydrogen (secondary N) is 1. The normalized spacial score (nSPS) is 29.5. The van der Waals surface area contributed by atoms with Crippen LogP contribution in [0.25, 0.3) is 0 Å². The average molecular weight is 283 g/mol. The van der Waals surface area contributed by atoms with Gasteiger partial charge in [0, 0.05) is 11.0 Å². The second kappa shape index (κ2) is 6.16. The van der Waals surface area contributed by atoms with Gasteiger partial charge in [0.25, 0.3) is 0 Å². The van der Waals surface area contributed by atoms with Gasteiger partial charge < -0.3 is 10.1 Å². The molecule has 12 heavy (non-hydrogen) atoms. The van der Waals surface area contributed by atoms with Crippen molar-refractivity contribution in [2.24, 2.45) is 0 Å². The minimum Gasteiger partial charge on any atom is -0.374 e. The molecule has 3 heteroatoms. The van der Waals surface area contributed by atoms with Gasteiger partial charge in [-0.25, -0.2) is 0 Å². The smallest absolute Gasteiger partial charge is 0.0704 e. The first-order valence-electron chi connectivity index (χ1n) is 4.75. The number of alkyl halides is 1. The quantitative estimate of drug-likeness (QED) is 0.473. The summed E-state index contributed by atoms with van der Waals surface area (Å²) in [7, 11) is 0. The molecule has 0 radical (unpaired) electrons. The summed E-state index contributed by atoms with van der Waals surface area (Å²) in [6, 6.07) is 0. The predicted octanol–water partition coefficient (Wildman–Crippen LogP) is 1.97. The Labute approximate surface area is 88.6 Å². The van der Waals surface area contributed by atoms with E-state index in [9.17, 15) is 0 Å².